The Morgan fingerprint density at radius 3 is 2.68 bits per heavy atom. The Balaban J connectivity index is 1.94. The third kappa shape index (κ3) is 5.79. The number of rotatable bonds is 10. The molecule has 1 fully saturated rings. The Bertz CT molecular complexity index is 514. The van der Waals surface area contributed by atoms with Gasteiger partial charge >= 0.3 is 0 Å². The minimum absolute atomic E-state index is 0.0815. The summed E-state index contributed by atoms with van der Waals surface area (Å²) in [5.74, 6) is 0.722. The van der Waals surface area contributed by atoms with Crippen LogP contribution in [0.4, 0.5) is 5.69 Å². The molecular weight excluding hydrogens is 314 g/mol. The zero-order chi connectivity index (χ0) is 18.1. The summed E-state index contributed by atoms with van der Waals surface area (Å²) in [4.78, 5) is 17.7. The van der Waals surface area contributed by atoms with Crippen molar-refractivity contribution in [1.82, 2.24) is 9.88 Å². The molecule has 1 amide bonds. The van der Waals surface area contributed by atoms with Crippen LogP contribution >= 0.6 is 0 Å². The lowest BCUT2D eigenvalue weighted by Gasteiger charge is -2.33. The summed E-state index contributed by atoms with van der Waals surface area (Å²) in [5.41, 5.74) is 1.95. The minimum atomic E-state index is 0.0815. The van der Waals surface area contributed by atoms with Crippen molar-refractivity contribution < 1.29 is 9.53 Å². The summed E-state index contributed by atoms with van der Waals surface area (Å²) < 4.78 is 5.45. The zero-order valence-corrected chi connectivity index (χ0v) is 16.0. The van der Waals surface area contributed by atoms with Crippen molar-refractivity contribution in [1.29, 1.82) is 0 Å². The van der Waals surface area contributed by atoms with Gasteiger partial charge in [-0.15, -0.1) is 0 Å². The van der Waals surface area contributed by atoms with Gasteiger partial charge in [-0.1, -0.05) is 27.2 Å². The predicted molar refractivity (Wildman–Crippen MR) is 102 cm³/mol. The molecule has 1 aliphatic heterocycles. The van der Waals surface area contributed by atoms with E-state index in [1.165, 1.54) is 19.4 Å². The van der Waals surface area contributed by atoms with Gasteiger partial charge in [-0.3, -0.25) is 14.7 Å². The van der Waals surface area contributed by atoms with Gasteiger partial charge in [0.25, 0.3) is 0 Å². The molecule has 0 spiro atoms. The summed E-state index contributed by atoms with van der Waals surface area (Å²) in [6.07, 6.45) is 7.07. The van der Waals surface area contributed by atoms with Crippen molar-refractivity contribution >= 4 is 12.1 Å². The van der Waals surface area contributed by atoms with Crippen LogP contribution in [0, 0.1) is 5.92 Å². The fourth-order valence-electron chi connectivity index (χ4n) is 3.49. The van der Waals surface area contributed by atoms with Crippen LogP contribution in [0.2, 0.25) is 0 Å². The van der Waals surface area contributed by atoms with E-state index in [9.17, 15) is 4.79 Å². The number of anilines is 1. The smallest absolute Gasteiger partial charge is 0.211 e. The van der Waals surface area contributed by atoms with E-state index in [4.69, 9.17) is 4.74 Å². The second-order valence-electron chi connectivity index (χ2n) is 7.33. The van der Waals surface area contributed by atoms with E-state index in [1.807, 2.05) is 6.07 Å². The van der Waals surface area contributed by atoms with Crippen molar-refractivity contribution in [2.75, 3.05) is 38.2 Å². The monoisotopic (exact) mass is 347 g/mol. The van der Waals surface area contributed by atoms with Crippen LogP contribution in [-0.2, 0) is 14.9 Å². The molecule has 140 valence electrons. The number of amides is 1. The van der Waals surface area contributed by atoms with E-state index in [1.54, 1.807) is 6.20 Å². The van der Waals surface area contributed by atoms with Crippen molar-refractivity contribution in [2.45, 2.75) is 51.9 Å². The van der Waals surface area contributed by atoms with Gasteiger partial charge < -0.3 is 10.1 Å². The number of nitrogens with one attached hydrogen (secondary N) is 1. The number of pyridine rings is 1. The van der Waals surface area contributed by atoms with Crippen LogP contribution in [0.3, 0.4) is 0 Å². The highest BCUT2D eigenvalue weighted by molar-refractivity contribution is 5.70. The summed E-state index contributed by atoms with van der Waals surface area (Å²) in [6.45, 7) is 11.9. The fourth-order valence-corrected chi connectivity index (χ4v) is 3.49. The number of aromatic nitrogens is 1. The van der Waals surface area contributed by atoms with Crippen molar-refractivity contribution in [3.63, 3.8) is 0 Å². The topological polar surface area (TPSA) is 54.5 Å². The van der Waals surface area contributed by atoms with Crippen LogP contribution in [0.15, 0.2) is 18.3 Å². The van der Waals surface area contributed by atoms with Gasteiger partial charge in [-0.25, -0.2) is 0 Å². The Morgan fingerprint density at radius 1 is 1.36 bits per heavy atom. The highest BCUT2D eigenvalue weighted by atomic mass is 16.5. The molecular formula is C20H33N3O2. The molecule has 1 aromatic heterocycles. The van der Waals surface area contributed by atoms with Crippen LogP contribution in [0.25, 0.3) is 0 Å². The molecule has 1 N–H and O–H groups in total. The molecule has 2 atom stereocenters. The van der Waals surface area contributed by atoms with E-state index in [0.717, 1.165) is 56.4 Å². The SMILES string of the molecule is CCC(CC[C@@](C)(CC)c1ccc(NC=O)cn1)CN1CCOCC1. The Hall–Kier alpha value is -1.46. The maximum atomic E-state index is 10.5. The van der Waals surface area contributed by atoms with Gasteiger partial charge in [0.2, 0.25) is 6.41 Å². The van der Waals surface area contributed by atoms with Gasteiger partial charge in [0.05, 0.1) is 25.1 Å². The number of carbonyl (C=O) groups is 1. The molecule has 25 heavy (non-hydrogen) atoms. The number of hydrogen-bond acceptors (Lipinski definition) is 4. The lowest BCUT2D eigenvalue weighted by atomic mass is 9.77. The van der Waals surface area contributed by atoms with Gasteiger partial charge in [0, 0.05) is 30.7 Å². The van der Waals surface area contributed by atoms with Crippen LogP contribution in [0.1, 0.15) is 52.1 Å². The van der Waals surface area contributed by atoms with Crippen LogP contribution < -0.4 is 5.32 Å². The van der Waals surface area contributed by atoms with Crippen LogP contribution in [0.5, 0.6) is 0 Å². The van der Waals surface area contributed by atoms with E-state index >= 15 is 0 Å². The molecule has 1 aromatic rings. The van der Waals surface area contributed by atoms with Crippen molar-refractivity contribution in [2.24, 2.45) is 5.92 Å². The average Bonchev–Trinajstić information content (AvgIpc) is 2.66. The summed E-state index contributed by atoms with van der Waals surface area (Å²) in [5, 5.41) is 2.65. The Morgan fingerprint density at radius 2 is 2.12 bits per heavy atom. The number of hydrogen-bond donors (Lipinski definition) is 1. The molecule has 2 rings (SSSR count). The van der Waals surface area contributed by atoms with E-state index in [0.29, 0.717) is 6.41 Å². The molecule has 0 bridgehead atoms. The molecule has 0 aromatic carbocycles. The second-order valence-corrected chi connectivity index (χ2v) is 7.33. The number of morpholine rings is 1. The normalized spacial score (nSPS) is 19.2. The molecule has 1 aliphatic rings. The maximum Gasteiger partial charge on any atom is 0.211 e. The van der Waals surface area contributed by atoms with Crippen LogP contribution in [-0.4, -0.2) is 49.1 Å². The van der Waals surface area contributed by atoms with E-state index < -0.39 is 0 Å². The standard InChI is InChI=1S/C20H33N3O2/c1-4-17(15-23-10-12-25-13-11-23)8-9-20(3,5-2)19-7-6-18(14-21-19)22-16-24/h6-7,14,16-17H,4-5,8-13,15H2,1-3H3,(H,22,24)/t17?,20-/m1/s1. The summed E-state index contributed by atoms with van der Waals surface area (Å²) in [7, 11) is 0. The molecule has 2 heterocycles. The van der Waals surface area contributed by atoms with Crippen molar-refractivity contribution in [3.8, 4) is 0 Å². The molecule has 0 radical (unpaired) electrons. The first kappa shape index (κ1) is 19.9. The van der Waals surface area contributed by atoms with Gasteiger partial charge in [-0.2, -0.15) is 0 Å². The largest absolute Gasteiger partial charge is 0.379 e. The first-order chi connectivity index (χ1) is 12.1. The van der Waals surface area contributed by atoms with E-state index in [-0.39, 0.29) is 5.41 Å². The molecule has 0 saturated carbocycles. The average molecular weight is 348 g/mol. The highest BCUT2D eigenvalue weighted by Crippen LogP contribution is 2.33. The molecule has 5 nitrogen and oxygen atoms in total. The lowest BCUT2D eigenvalue weighted by Crippen LogP contribution is -2.39. The quantitative estimate of drug-likeness (QED) is 0.659. The third-order valence-corrected chi connectivity index (χ3v) is 5.69. The zero-order valence-electron chi connectivity index (χ0n) is 16.0. The number of carbonyl (C=O) groups excluding carboxylic acids is 1. The van der Waals surface area contributed by atoms with E-state index in [2.05, 4.69) is 42.0 Å². The molecule has 1 unspecified atom stereocenters. The Labute approximate surface area is 152 Å². The minimum Gasteiger partial charge on any atom is -0.379 e. The maximum absolute atomic E-state index is 10.5. The fraction of sp³-hybridized carbons (Fsp3) is 0.700. The number of ether oxygens (including phenoxy) is 1. The van der Waals surface area contributed by atoms with Gasteiger partial charge in [-0.05, 0) is 37.3 Å². The first-order valence-corrected chi connectivity index (χ1v) is 9.58. The predicted octanol–water partition coefficient (Wildman–Crippen LogP) is 3.46. The molecule has 5 heteroatoms. The number of nitrogens with zero attached hydrogens (tertiary/aromatic N) is 2. The lowest BCUT2D eigenvalue weighted by molar-refractivity contribution is -0.105. The second kappa shape index (κ2) is 9.88. The first-order valence-electron chi connectivity index (χ1n) is 9.58. The van der Waals surface area contributed by atoms with Crippen molar-refractivity contribution in [3.05, 3.63) is 24.0 Å². The highest BCUT2D eigenvalue weighted by Gasteiger charge is 2.27. The summed E-state index contributed by atoms with van der Waals surface area (Å²) >= 11 is 0. The third-order valence-electron chi connectivity index (χ3n) is 5.69. The Kier molecular flexibility index (Phi) is 7.85. The van der Waals surface area contributed by atoms with Gasteiger partial charge in [0.1, 0.15) is 0 Å². The molecule has 0 aliphatic carbocycles. The molecule has 1 saturated heterocycles. The van der Waals surface area contributed by atoms with Gasteiger partial charge in [0.15, 0.2) is 0 Å². The summed E-state index contributed by atoms with van der Waals surface area (Å²) in [6, 6.07) is 3.99.